The van der Waals surface area contributed by atoms with Gasteiger partial charge in [-0.3, -0.25) is 0 Å². The molecule has 3 rings (SSSR count). The summed E-state index contributed by atoms with van der Waals surface area (Å²) in [7, 11) is 0. The van der Waals surface area contributed by atoms with Crippen molar-refractivity contribution in [2.75, 3.05) is 20.0 Å². The first-order valence-corrected chi connectivity index (χ1v) is 8.90. The molecule has 0 saturated carbocycles. The van der Waals surface area contributed by atoms with Crippen LogP contribution in [0.2, 0.25) is 0 Å². The van der Waals surface area contributed by atoms with Crippen LogP contribution in [0, 0.1) is 0 Å². The quantitative estimate of drug-likeness (QED) is 0.795. The molecule has 7 heteroatoms. The molecule has 2 aliphatic heterocycles. The third-order valence-electron chi connectivity index (χ3n) is 4.49. The smallest absolute Gasteiger partial charge is 0.336 e. The topological polar surface area (TPSA) is 83.1 Å². The van der Waals surface area contributed by atoms with E-state index >= 15 is 0 Å². The Morgan fingerprint density at radius 2 is 1.63 bits per heavy atom. The summed E-state index contributed by atoms with van der Waals surface area (Å²) in [4.78, 5) is 25.5. The molecule has 0 aromatic heterocycles. The molecule has 0 radical (unpaired) electrons. The van der Waals surface area contributed by atoms with E-state index in [1.807, 2.05) is 6.07 Å². The van der Waals surface area contributed by atoms with Crippen molar-refractivity contribution in [1.29, 1.82) is 0 Å². The molecule has 2 aliphatic rings. The first kappa shape index (κ1) is 18.8. The predicted molar refractivity (Wildman–Crippen MR) is 97.1 cm³/mol. The maximum atomic E-state index is 12.8. The van der Waals surface area contributed by atoms with E-state index in [1.54, 1.807) is 39.8 Å². The zero-order valence-electron chi connectivity index (χ0n) is 15.9. The van der Waals surface area contributed by atoms with Crippen LogP contribution in [0.4, 0.5) is 0 Å². The van der Waals surface area contributed by atoms with Gasteiger partial charge in [0.05, 0.1) is 30.3 Å². The van der Waals surface area contributed by atoms with Crippen molar-refractivity contribution < 1.29 is 28.5 Å². The molecule has 27 heavy (non-hydrogen) atoms. The Morgan fingerprint density at radius 1 is 1.04 bits per heavy atom. The van der Waals surface area contributed by atoms with Crippen molar-refractivity contribution in [2.45, 2.75) is 33.6 Å². The summed E-state index contributed by atoms with van der Waals surface area (Å²) in [5.41, 5.74) is 2.63. The average Bonchev–Trinajstić information content (AvgIpc) is 3.10. The van der Waals surface area contributed by atoms with Gasteiger partial charge < -0.3 is 24.3 Å². The second-order valence-electron chi connectivity index (χ2n) is 6.16. The highest BCUT2D eigenvalue weighted by atomic mass is 16.7. The minimum absolute atomic E-state index is 0.0895. The van der Waals surface area contributed by atoms with Crippen molar-refractivity contribution in [3.8, 4) is 11.5 Å². The average molecular weight is 373 g/mol. The molecule has 0 amide bonds. The van der Waals surface area contributed by atoms with Crippen LogP contribution in [-0.2, 0) is 19.1 Å². The van der Waals surface area contributed by atoms with Crippen molar-refractivity contribution in [3.05, 3.63) is 46.3 Å². The van der Waals surface area contributed by atoms with Crippen LogP contribution in [-0.4, -0.2) is 31.9 Å². The monoisotopic (exact) mass is 373 g/mol. The number of allylic oxidation sites excluding steroid dienone is 2. The highest BCUT2D eigenvalue weighted by Gasteiger charge is 2.40. The Morgan fingerprint density at radius 3 is 2.19 bits per heavy atom. The molecule has 0 bridgehead atoms. The second kappa shape index (κ2) is 7.73. The number of nitrogens with one attached hydrogen (secondary N) is 1. The number of esters is 2. The number of fused-ring (bicyclic) bond motifs is 1. The van der Waals surface area contributed by atoms with Crippen LogP contribution in [0.25, 0.3) is 0 Å². The molecule has 1 aromatic carbocycles. The SMILES string of the molecule is CCOC(=O)C1=C(C)NC(C)=C(C(=O)OCC)C1c1cccc2c1OCO2. The fourth-order valence-corrected chi connectivity index (χ4v) is 3.44. The van der Waals surface area contributed by atoms with Crippen LogP contribution >= 0.6 is 0 Å². The van der Waals surface area contributed by atoms with Crippen LogP contribution in [0.3, 0.4) is 0 Å². The molecule has 0 spiro atoms. The Kier molecular flexibility index (Phi) is 5.39. The number of para-hydroxylation sites is 1. The molecule has 0 unspecified atom stereocenters. The summed E-state index contributed by atoms with van der Waals surface area (Å²) < 4.78 is 21.6. The van der Waals surface area contributed by atoms with Gasteiger partial charge in [0.1, 0.15) is 0 Å². The Bertz CT molecular complexity index is 799. The van der Waals surface area contributed by atoms with Crippen LogP contribution < -0.4 is 14.8 Å². The molecule has 144 valence electrons. The number of carbonyl (C=O) groups is 2. The Labute approximate surface area is 157 Å². The third kappa shape index (κ3) is 3.37. The van der Waals surface area contributed by atoms with Gasteiger partial charge in [-0.15, -0.1) is 0 Å². The minimum Gasteiger partial charge on any atom is -0.463 e. The van der Waals surface area contributed by atoms with Crippen molar-refractivity contribution in [2.24, 2.45) is 0 Å². The van der Waals surface area contributed by atoms with Gasteiger partial charge in [0.25, 0.3) is 0 Å². The zero-order chi connectivity index (χ0) is 19.6. The Balaban J connectivity index is 2.20. The van der Waals surface area contributed by atoms with Gasteiger partial charge in [-0.25, -0.2) is 9.59 Å². The molecular formula is C20H23NO6. The van der Waals surface area contributed by atoms with Gasteiger partial charge in [0.15, 0.2) is 11.5 Å². The van der Waals surface area contributed by atoms with Gasteiger partial charge >= 0.3 is 11.9 Å². The number of benzene rings is 1. The lowest BCUT2D eigenvalue weighted by Crippen LogP contribution is -2.32. The molecule has 0 aliphatic carbocycles. The summed E-state index contributed by atoms with van der Waals surface area (Å²) >= 11 is 0. The molecule has 7 nitrogen and oxygen atoms in total. The zero-order valence-corrected chi connectivity index (χ0v) is 15.9. The second-order valence-corrected chi connectivity index (χ2v) is 6.16. The lowest BCUT2D eigenvalue weighted by Gasteiger charge is -2.30. The molecule has 2 heterocycles. The molecule has 1 aromatic rings. The predicted octanol–water partition coefficient (Wildman–Crippen LogP) is 2.78. The van der Waals surface area contributed by atoms with E-state index in [1.165, 1.54) is 0 Å². The largest absolute Gasteiger partial charge is 0.463 e. The van der Waals surface area contributed by atoms with Crippen LogP contribution in [0.5, 0.6) is 11.5 Å². The van der Waals surface area contributed by atoms with Crippen molar-refractivity contribution in [3.63, 3.8) is 0 Å². The van der Waals surface area contributed by atoms with Gasteiger partial charge in [-0.05, 0) is 33.8 Å². The molecule has 0 fully saturated rings. The molecule has 0 saturated heterocycles. The highest BCUT2D eigenvalue weighted by Crippen LogP contribution is 2.47. The number of carbonyl (C=O) groups excluding carboxylic acids is 2. The fourth-order valence-electron chi connectivity index (χ4n) is 3.44. The van der Waals surface area contributed by atoms with Gasteiger partial charge in [-0.2, -0.15) is 0 Å². The van der Waals surface area contributed by atoms with Gasteiger partial charge in [-0.1, -0.05) is 12.1 Å². The summed E-state index contributed by atoms with van der Waals surface area (Å²) in [5, 5.41) is 3.11. The van der Waals surface area contributed by atoms with Crippen molar-refractivity contribution >= 4 is 11.9 Å². The van der Waals surface area contributed by atoms with Gasteiger partial charge in [0, 0.05) is 17.0 Å². The van der Waals surface area contributed by atoms with E-state index in [-0.39, 0.29) is 20.0 Å². The fraction of sp³-hybridized carbons (Fsp3) is 0.400. The maximum absolute atomic E-state index is 12.8. The Hall–Kier alpha value is -2.96. The normalized spacial score (nSPS) is 16.3. The van der Waals surface area contributed by atoms with E-state index in [0.29, 0.717) is 39.6 Å². The number of hydrogen-bond acceptors (Lipinski definition) is 7. The first-order valence-electron chi connectivity index (χ1n) is 8.90. The number of rotatable bonds is 5. The number of hydrogen-bond donors (Lipinski definition) is 1. The molecule has 1 N–H and O–H groups in total. The van der Waals surface area contributed by atoms with E-state index in [9.17, 15) is 9.59 Å². The van der Waals surface area contributed by atoms with Crippen molar-refractivity contribution in [1.82, 2.24) is 5.32 Å². The lowest BCUT2D eigenvalue weighted by molar-refractivity contribution is -0.139. The molecule has 0 atom stereocenters. The van der Waals surface area contributed by atoms with Gasteiger partial charge in [0.2, 0.25) is 6.79 Å². The summed E-state index contributed by atoms with van der Waals surface area (Å²) in [6.07, 6.45) is 0. The van der Waals surface area contributed by atoms with E-state index in [4.69, 9.17) is 18.9 Å². The third-order valence-corrected chi connectivity index (χ3v) is 4.49. The van der Waals surface area contributed by atoms with Crippen LogP contribution in [0.15, 0.2) is 40.7 Å². The summed E-state index contributed by atoms with van der Waals surface area (Å²) in [6.45, 7) is 7.59. The minimum atomic E-state index is -0.680. The highest BCUT2D eigenvalue weighted by molar-refractivity contribution is 6.00. The molecular weight excluding hydrogens is 350 g/mol. The maximum Gasteiger partial charge on any atom is 0.336 e. The summed E-state index contributed by atoms with van der Waals surface area (Å²) in [5.74, 6) is -0.556. The number of ether oxygens (including phenoxy) is 4. The van der Waals surface area contributed by atoms with E-state index in [2.05, 4.69) is 5.32 Å². The van der Waals surface area contributed by atoms with E-state index < -0.39 is 17.9 Å². The standard InChI is InChI=1S/C20H23NO6/c1-5-24-19(22)15-11(3)21-12(4)16(20(23)25-6-2)17(15)13-8-7-9-14-18(13)27-10-26-14/h7-9,17,21H,5-6,10H2,1-4H3. The lowest BCUT2D eigenvalue weighted by atomic mass is 9.80. The van der Waals surface area contributed by atoms with E-state index in [0.717, 1.165) is 0 Å². The number of dihydropyridines is 1. The van der Waals surface area contributed by atoms with Crippen LogP contribution in [0.1, 0.15) is 39.2 Å². The first-order chi connectivity index (χ1) is 13.0. The summed E-state index contributed by atoms with van der Waals surface area (Å²) in [6, 6.07) is 5.41.